The molecule has 1 heterocycles. The summed E-state index contributed by atoms with van der Waals surface area (Å²) < 4.78 is 1.45. The van der Waals surface area contributed by atoms with Crippen LogP contribution < -0.4 is 5.32 Å². The number of hydrogen-bond donors (Lipinski definition) is 2. The Bertz CT molecular complexity index is 463. The van der Waals surface area contributed by atoms with E-state index in [1.807, 2.05) is 0 Å². The molecule has 0 saturated heterocycles. The van der Waals surface area contributed by atoms with Crippen LogP contribution in [-0.2, 0) is 11.8 Å². The van der Waals surface area contributed by atoms with Gasteiger partial charge in [0.05, 0.1) is 5.69 Å². The van der Waals surface area contributed by atoms with E-state index in [9.17, 15) is 9.59 Å². The van der Waals surface area contributed by atoms with Crippen molar-refractivity contribution >= 4 is 11.9 Å². The molecule has 6 heteroatoms. The van der Waals surface area contributed by atoms with Gasteiger partial charge < -0.3 is 10.4 Å². The van der Waals surface area contributed by atoms with Gasteiger partial charge in [0.1, 0.15) is 11.7 Å². The van der Waals surface area contributed by atoms with Crippen LogP contribution in [-0.4, -0.2) is 32.8 Å². The Balaban J connectivity index is 2.10. The second-order valence-electron chi connectivity index (χ2n) is 4.42. The molecule has 0 aromatic carbocycles. The van der Waals surface area contributed by atoms with E-state index in [0.29, 0.717) is 5.69 Å². The highest BCUT2D eigenvalue weighted by Gasteiger charge is 2.37. The zero-order chi connectivity index (χ0) is 12.6. The molecule has 0 spiro atoms. The minimum absolute atomic E-state index is 0.0748. The van der Waals surface area contributed by atoms with Gasteiger partial charge >= 0.3 is 5.97 Å². The molecule has 0 aliphatic heterocycles. The topological polar surface area (TPSA) is 84.2 Å². The smallest absolute Gasteiger partial charge is 0.326 e. The molecule has 1 fully saturated rings. The number of carboxylic acids is 1. The molecule has 2 N–H and O–H groups in total. The van der Waals surface area contributed by atoms with Crippen LogP contribution >= 0.6 is 0 Å². The summed E-state index contributed by atoms with van der Waals surface area (Å²) in [6, 6.07) is 0.860. The van der Waals surface area contributed by atoms with Crippen LogP contribution in [0.5, 0.6) is 0 Å². The molecule has 1 aliphatic rings. The van der Waals surface area contributed by atoms with Crippen LogP contribution in [0, 0.1) is 12.8 Å². The van der Waals surface area contributed by atoms with Crippen molar-refractivity contribution in [3.8, 4) is 0 Å². The molecule has 0 radical (unpaired) electrons. The van der Waals surface area contributed by atoms with E-state index in [2.05, 4.69) is 10.4 Å². The number of nitrogens with zero attached hydrogens (tertiary/aromatic N) is 2. The summed E-state index contributed by atoms with van der Waals surface area (Å²) in [6.07, 6.45) is 1.73. The van der Waals surface area contributed by atoms with E-state index in [4.69, 9.17) is 5.11 Å². The first-order valence-electron chi connectivity index (χ1n) is 5.53. The first-order chi connectivity index (χ1) is 7.99. The number of carbonyl (C=O) groups is 2. The van der Waals surface area contributed by atoms with E-state index in [1.54, 1.807) is 20.0 Å². The Labute approximate surface area is 98.6 Å². The number of nitrogens with one attached hydrogen (secondary N) is 1. The van der Waals surface area contributed by atoms with Crippen LogP contribution in [0.15, 0.2) is 6.07 Å². The van der Waals surface area contributed by atoms with Crippen LogP contribution in [0.3, 0.4) is 0 Å². The van der Waals surface area contributed by atoms with Crippen molar-refractivity contribution in [2.75, 3.05) is 0 Å². The number of aromatic nitrogens is 2. The average molecular weight is 237 g/mol. The molecule has 1 atom stereocenters. The summed E-state index contributed by atoms with van der Waals surface area (Å²) in [6.45, 7) is 1.78. The van der Waals surface area contributed by atoms with Crippen LogP contribution in [0.1, 0.15) is 29.0 Å². The normalized spacial score (nSPS) is 16.6. The molecular weight excluding hydrogens is 222 g/mol. The van der Waals surface area contributed by atoms with E-state index in [0.717, 1.165) is 18.5 Å². The molecule has 1 saturated carbocycles. The van der Waals surface area contributed by atoms with Crippen molar-refractivity contribution in [1.82, 2.24) is 15.1 Å². The fourth-order valence-electron chi connectivity index (χ4n) is 1.85. The molecule has 1 aromatic heterocycles. The van der Waals surface area contributed by atoms with Gasteiger partial charge in [0.25, 0.3) is 5.91 Å². The van der Waals surface area contributed by atoms with Crippen molar-refractivity contribution in [3.63, 3.8) is 0 Å². The molecule has 1 aromatic rings. The van der Waals surface area contributed by atoms with Crippen molar-refractivity contribution in [1.29, 1.82) is 0 Å². The lowest BCUT2D eigenvalue weighted by Gasteiger charge is -2.13. The Kier molecular flexibility index (Phi) is 2.87. The molecule has 1 amide bonds. The lowest BCUT2D eigenvalue weighted by atomic mass is 10.2. The predicted octanol–water partition coefficient (Wildman–Crippen LogP) is 0.322. The predicted molar refractivity (Wildman–Crippen MR) is 59.6 cm³/mol. The fraction of sp³-hybridized carbons (Fsp3) is 0.545. The molecule has 92 valence electrons. The van der Waals surface area contributed by atoms with Gasteiger partial charge in [-0.15, -0.1) is 0 Å². The maximum absolute atomic E-state index is 11.9. The highest BCUT2D eigenvalue weighted by Crippen LogP contribution is 2.32. The van der Waals surface area contributed by atoms with Gasteiger partial charge in [-0.25, -0.2) is 4.79 Å². The summed E-state index contributed by atoms with van der Waals surface area (Å²) >= 11 is 0. The van der Waals surface area contributed by atoms with E-state index < -0.39 is 12.0 Å². The first-order valence-corrected chi connectivity index (χ1v) is 5.53. The monoisotopic (exact) mass is 237 g/mol. The number of carbonyl (C=O) groups excluding carboxylic acids is 1. The summed E-state index contributed by atoms with van der Waals surface area (Å²) in [5.74, 6) is -1.28. The van der Waals surface area contributed by atoms with Crippen molar-refractivity contribution in [2.24, 2.45) is 13.0 Å². The third-order valence-corrected chi connectivity index (χ3v) is 2.88. The molecule has 6 nitrogen and oxygen atoms in total. The van der Waals surface area contributed by atoms with Gasteiger partial charge in [-0.3, -0.25) is 9.48 Å². The first kappa shape index (κ1) is 11.6. The van der Waals surface area contributed by atoms with Gasteiger partial charge in [0.2, 0.25) is 0 Å². The van der Waals surface area contributed by atoms with Gasteiger partial charge in [0.15, 0.2) is 0 Å². The Morgan fingerprint density at radius 1 is 1.59 bits per heavy atom. The highest BCUT2D eigenvalue weighted by atomic mass is 16.4. The minimum Gasteiger partial charge on any atom is -0.480 e. The quantitative estimate of drug-likeness (QED) is 0.790. The number of carboxylic acid groups (broad SMARTS) is 1. The zero-order valence-corrected chi connectivity index (χ0v) is 9.80. The Morgan fingerprint density at radius 3 is 2.65 bits per heavy atom. The second kappa shape index (κ2) is 4.20. The third kappa shape index (κ3) is 2.46. The highest BCUT2D eigenvalue weighted by molar-refractivity contribution is 5.95. The van der Waals surface area contributed by atoms with Gasteiger partial charge in [-0.1, -0.05) is 0 Å². The Hall–Kier alpha value is -1.85. The van der Waals surface area contributed by atoms with Crippen molar-refractivity contribution in [2.45, 2.75) is 25.8 Å². The fourth-order valence-corrected chi connectivity index (χ4v) is 1.85. The standard InChI is InChI=1S/C11H15N3O3/c1-6-5-8(14(2)13-6)10(15)12-9(11(16)17)7-3-4-7/h5,7,9H,3-4H2,1-2H3,(H,12,15)(H,16,17). The van der Waals surface area contributed by atoms with E-state index in [1.165, 1.54) is 4.68 Å². The third-order valence-electron chi connectivity index (χ3n) is 2.88. The number of aliphatic carboxylic acids is 1. The summed E-state index contributed by atoms with van der Waals surface area (Å²) in [4.78, 5) is 22.9. The largest absolute Gasteiger partial charge is 0.480 e. The van der Waals surface area contributed by atoms with E-state index >= 15 is 0 Å². The maximum Gasteiger partial charge on any atom is 0.326 e. The SMILES string of the molecule is Cc1cc(C(=O)NC(C(=O)O)C2CC2)n(C)n1. The maximum atomic E-state index is 11.9. The molecule has 17 heavy (non-hydrogen) atoms. The Morgan fingerprint density at radius 2 is 2.24 bits per heavy atom. The molecule has 1 unspecified atom stereocenters. The van der Waals surface area contributed by atoms with Crippen LogP contribution in [0.4, 0.5) is 0 Å². The summed E-state index contributed by atoms with van der Waals surface area (Å²) in [5.41, 5.74) is 1.12. The second-order valence-corrected chi connectivity index (χ2v) is 4.42. The number of rotatable bonds is 4. The van der Waals surface area contributed by atoms with E-state index in [-0.39, 0.29) is 11.8 Å². The van der Waals surface area contributed by atoms with Gasteiger partial charge in [0, 0.05) is 7.05 Å². The van der Waals surface area contributed by atoms with Crippen LogP contribution in [0.25, 0.3) is 0 Å². The van der Waals surface area contributed by atoms with Crippen LogP contribution in [0.2, 0.25) is 0 Å². The lowest BCUT2D eigenvalue weighted by molar-refractivity contribution is -0.139. The van der Waals surface area contributed by atoms with Crippen molar-refractivity contribution < 1.29 is 14.7 Å². The average Bonchev–Trinajstić information content (AvgIpc) is 3.00. The summed E-state index contributed by atoms with van der Waals surface area (Å²) in [7, 11) is 1.66. The molecule has 2 rings (SSSR count). The number of hydrogen-bond acceptors (Lipinski definition) is 3. The minimum atomic E-state index is -0.972. The zero-order valence-electron chi connectivity index (χ0n) is 9.80. The molecule has 1 aliphatic carbocycles. The molecule has 0 bridgehead atoms. The molecular formula is C11H15N3O3. The van der Waals surface area contributed by atoms with Crippen molar-refractivity contribution in [3.05, 3.63) is 17.5 Å². The number of amides is 1. The lowest BCUT2D eigenvalue weighted by Crippen LogP contribution is -2.42. The van der Waals surface area contributed by atoms with Gasteiger partial charge in [-0.05, 0) is 31.7 Å². The van der Waals surface area contributed by atoms with Gasteiger partial charge in [-0.2, -0.15) is 5.10 Å². The number of aryl methyl sites for hydroxylation is 2. The summed E-state index contributed by atoms with van der Waals surface area (Å²) in [5, 5.41) is 15.6.